The first kappa shape index (κ1) is 18.6. The maximum absolute atomic E-state index is 13.4. The van der Waals surface area contributed by atoms with Crippen molar-refractivity contribution in [3.63, 3.8) is 0 Å². The average molecular weight is 427 g/mol. The Balaban J connectivity index is 1.61. The monoisotopic (exact) mass is 426 g/mol. The van der Waals surface area contributed by atoms with Crippen molar-refractivity contribution >= 4 is 38.2 Å². The molecule has 148 valence electrons. The molecule has 2 aliphatic rings. The molecule has 0 spiro atoms. The number of nitrogens with zero attached hydrogens (tertiary/aromatic N) is 2. The Bertz CT molecular complexity index is 1250. The zero-order valence-electron chi connectivity index (χ0n) is 15.4. The first-order chi connectivity index (χ1) is 14.0. The number of nitro benzene ring substituents is 1. The average Bonchev–Trinajstić information content (AvgIpc) is 3.37. The van der Waals surface area contributed by atoms with Gasteiger partial charge in [-0.2, -0.15) is 4.31 Å². The third-order valence-corrected chi connectivity index (χ3v) is 8.90. The smallest absolute Gasteiger partial charge is 0.258 e. The number of hydrogen-bond acceptors (Lipinski definition) is 5. The molecular weight excluding hydrogens is 408 g/mol. The molecule has 8 heteroatoms. The Morgan fingerprint density at radius 2 is 1.79 bits per heavy atom. The summed E-state index contributed by atoms with van der Waals surface area (Å²) in [6, 6.07) is 15.7. The van der Waals surface area contributed by atoms with Gasteiger partial charge in [0.2, 0.25) is 10.0 Å². The fourth-order valence-corrected chi connectivity index (χ4v) is 7.63. The first-order valence-electron chi connectivity index (χ1n) is 9.38. The van der Waals surface area contributed by atoms with E-state index in [4.69, 9.17) is 0 Å². The van der Waals surface area contributed by atoms with Crippen molar-refractivity contribution in [2.75, 3.05) is 12.3 Å². The van der Waals surface area contributed by atoms with E-state index in [1.807, 2.05) is 12.1 Å². The molecule has 1 fully saturated rings. The normalized spacial score (nSPS) is 19.1. The molecule has 3 aromatic rings. The number of thioether (sulfide) groups is 1. The van der Waals surface area contributed by atoms with E-state index in [2.05, 4.69) is 18.2 Å². The van der Waals surface area contributed by atoms with Gasteiger partial charge in [-0.25, -0.2) is 8.42 Å². The van der Waals surface area contributed by atoms with Gasteiger partial charge in [-0.15, -0.1) is 11.8 Å². The summed E-state index contributed by atoms with van der Waals surface area (Å²) in [5.41, 5.74) is 3.40. The molecule has 29 heavy (non-hydrogen) atoms. The van der Waals surface area contributed by atoms with Crippen LogP contribution in [0.5, 0.6) is 0 Å². The van der Waals surface area contributed by atoms with Gasteiger partial charge in [-0.1, -0.05) is 36.4 Å². The van der Waals surface area contributed by atoms with Crippen LogP contribution in [-0.2, 0) is 22.9 Å². The lowest BCUT2D eigenvalue weighted by Gasteiger charge is -2.25. The maximum Gasteiger partial charge on any atom is 0.270 e. The largest absolute Gasteiger partial charge is 0.270 e. The Kier molecular flexibility index (Phi) is 4.38. The molecule has 3 aromatic carbocycles. The van der Waals surface area contributed by atoms with Crippen LogP contribution in [0.25, 0.3) is 10.8 Å². The van der Waals surface area contributed by atoms with Gasteiger partial charge in [0.25, 0.3) is 5.69 Å². The van der Waals surface area contributed by atoms with Gasteiger partial charge < -0.3 is 0 Å². The van der Waals surface area contributed by atoms with Crippen LogP contribution in [0, 0.1) is 10.1 Å². The number of aryl methyl sites for hydroxylation is 2. The highest BCUT2D eigenvalue weighted by atomic mass is 32.2. The molecule has 0 bridgehead atoms. The topological polar surface area (TPSA) is 80.5 Å². The minimum Gasteiger partial charge on any atom is -0.258 e. The lowest BCUT2D eigenvalue weighted by atomic mass is 10.00. The SMILES string of the molecule is O=[N+]([O-])c1cccc(S(=O)(=O)N2CCS[C@H]2c2ccc3c4c(cccc24)CC3)c1. The highest BCUT2D eigenvalue weighted by Crippen LogP contribution is 2.45. The molecule has 0 radical (unpaired) electrons. The number of rotatable bonds is 4. The molecule has 1 aliphatic heterocycles. The van der Waals surface area contributed by atoms with Crippen molar-refractivity contribution in [2.45, 2.75) is 23.1 Å². The summed E-state index contributed by atoms with van der Waals surface area (Å²) < 4.78 is 28.2. The molecule has 1 saturated heterocycles. The summed E-state index contributed by atoms with van der Waals surface area (Å²) in [6.07, 6.45) is 2.03. The Morgan fingerprint density at radius 3 is 2.59 bits per heavy atom. The number of benzene rings is 3. The number of hydrogen-bond donors (Lipinski definition) is 0. The summed E-state index contributed by atoms with van der Waals surface area (Å²) >= 11 is 1.60. The van der Waals surface area contributed by atoms with Crippen LogP contribution in [-0.4, -0.2) is 29.9 Å². The molecule has 0 N–H and O–H groups in total. The molecule has 1 heterocycles. The van der Waals surface area contributed by atoms with Crippen molar-refractivity contribution in [1.29, 1.82) is 0 Å². The predicted octanol–water partition coefficient (Wildman–Crippen LogP) is 4.28. The second kappa shape index (κ2) is 6.83. The van der Waals surface area contributed by atoms with E-state index >= 15 is 0 Å². The quantitative estimate of drug-likeness (QED) is 0.459. The highest BCUT2D eigenvalue weighted by Gasteiger charge is 2.38. The van der Waals surface area contributed by atoms with E-state index in [1.165, 1.54) is 39.0 Å². The fraction of sp³-hybridized carbons (Fsp3) is 0.238. The minimum atomic E-state index is -3.86. The fourth-order valence-electron chi connectivity index (χ4n) is 4.32. The molecule has 0 saturated carbocycles. The Labute approximate surface area is 172 Å². The lowest BCUT2D eigenvalue weighted by molar-refractivity contribution is -0.385. The molecule has 6 nitrogen and oxygen atoms in total. The standard InChI is InChI=1S/C21H18N2O4S2/c24-23(25)16-4-2-5-17(13-16)29(26,27)22-11-12-28-21(22)19-10-9-15-8-7-14-3-1-6-18(19)20(14)15/h1-6,9-10,13,21H,7-8,11-12H2/t21-/m0/s1. The summed E-state index contributed by atoms with van der Waals surface area (Å²) in [6.45, 7) is 0.378. The van der Waals surface area contributed by atoms with Crippen LogP contribution in [0.2, 0.25) is 0 Å². The van der Waals surface area contributed by atoms with Crippen LogP contribution in [0.1, 0.15) is 22.1 Å². The number of non-ortho nitro benzene ring substituents is 1. The zero-order chi connectivity index (χ0) is 20.2. The molecule has 0 amide bonds. The molecule has 1 aliphatic carbocycles. The predicted molar refractivity (Wildman–Crippen MR) is 114 cm³/mol. The Hall–Kier alpha value is -2.42. The molecular formula is C21H18N2O4S2. The van der Waals surface area contributed by atoms with Crippen LogP contribution in [0.15, 0.2) is 59.5 Å². The second-order valence-corrected chi connectivity index (χ2v) is 10.3. The van der Waals surface area contributed by atoms with Crippen LogP contribution in [0.3, 0.4) is 0 Å². The third-order valence-electron chi connectivity index (χ3n) is 5.66. The number of nitro groups is 1. The van der Waals surface area contributed by atoms with Crippen molar-refractivity contribution in [2.24, 2.45) is 0 Å². The highest BCUT2D eigenvalue weighted by molar-refractivity contribution is 8.01. The van der Waals surface area contributed by atoms with Crippen LogP contribution < -0.4 is 0 Å². The lowest BCUT2D eigenvalue weighted by Crippen LogP contribution is -2.30. The summed E-state index contributed by atoms with van der Waals surface area (Å²) in [5.74, 6) is 0.682. The van der Waals surface area contributed by atoms with Gasteiger partial charge in [-0.05, 0) is 46.4 Å². The van der Waals surface area contributed by atoms with E-state index in [-0.39, 0.29) is 16.0 Å². The molecule has 0 aromatic heterocycles. The van der Waals surface area contributed by atoms with E-state index < -0.39 is 14.9 Å². The minimum absolute atomic E-state index is 0.0369. The van der Waals surface area contributed by atoms with E-state index in [0.717, 1.165) is 29.9 Å². The van der Waals surface area contributed by atoms with Gasteiger partial charge in [0.1, 0.15) is 0 Å². The van der Waals surface area contributed by atoms with Gasteiger partial charge >= 0.3 is 0 Å². The van der Waals surface area contributed by atoms with Crippen LogP contribution in [0.4, 0.5) is 5.69 Å². The van der Waals surface area contributed by atoms with Gasteiger partial charge in [0.05, 0.1) is 15.2 Å². The Morgan fingerprint density at radius 1 is 1.03 bits per heavy atom. The van der Waals surface area contributed by atoms with Gasteiger partial charge in [-0.3, -0.25) is 10.1 Å². The van der Waals surface area contributed by atoms with Gasteiger partial charge in [0.15, 0.2) is 0 Å². The molecule has 0 unspecified atom stereocenters. The molecule has 5 rings (SSSR count). The van der Waals surface area contributed by atoms with Crippen molar-refractivity contribution in [3.8, 4) is 0 Å². The molecule has 1 atom stereocenters. The second-order valence-electron chi connectivity index (χ2n) is 7.25. The van der Waals surface area contributed by atoms with Crippen molar-refractivity contribution < 1.29 is 13.3 Å². The maximum atomic E-state index is 13.4. The van der Waals surface area contributed by atoms with Crippen molar-refractivity contribution in [3.05, 3.63) is 81.4 Å². The zero-order valence-corrected chi connectivity index (χ0v) is 17.1. The van der Waals surface area contributed by atoms with E-state index in [9.17, 15) is 18.5 Å². The van der Waals surface area contributed by atoms with Gasteiger partial charge in [0, 0.05) is 24.4 Å². The van der Waals surface area contributed by atoms with Crippen LogP contribution >= 0.6 is 11.8 Å². The first-order valence-corrected chi connectivity index (χ1v) is 11.9. The van der Waals surface area contributed by atoms with Crippen molar-refractivity contribution in [1.82, 2.24) is 4.31 Å². The summed E-state index contributed by atoms with van der Waals surface area (Å²) in [5, 5.41) is 13.1. The number of sulfonamides is 1. The van der Waals surface area contributed by atoms with E-state index in [0.29, 0.717) is 12.3 Å². The summed E-state index contributed by atoms with van der Waals surface area (Å²) in [7, 11) is -3.86. The summed E-state index contributed by atoms with van der Waals surface area (Å²) in [4.78, 5) is 10.5. The van der Waals surface area contributed by atoms with E-state index in [1.54, 1.807) is 11.8 Å². The third kappa shape index (κ3) is 2.94.